The van der Waals surface area contributed by atoms with Gasteiger partial charge in [0.05, 0.1) is 36.9 Å². The van der Waals surface area contributed by atoms with Crippen LogP contribution >= 0.6 is 11.3 Å². The van der Waals surface area contributed by atoms with Crippen molar-refractivity contribution in [3.8, 4) is 11.3 Å². The number of rotatable bonds is 9. The van der Waals surface area contributed by atoms with Crippen LogP contribution in [-0.2, 0) is 34.2 Å². The van der Waals surface area contributed by atoms with Gasteiger partial charge in [0.2, 0.25) is 0 Å². The standard InChI is InChI=1S/C27H27FN4O3S2/c1-19(33)15-26-30-17-27(36-26)37(34,35)32-13-4-7-24(32)22-5-2-3-6-23(22)25-16-29-18-31(25)14-12-20-8-10-21(28)11-9-20/h2-3,5-6,8-11,16-18,24H,4,7,12-15H2,1H3. The van der Waals surface area contributed by atoms with Crippen LogP contribution in [0.1, 0.15) is 41.9 Å². The molecule has 0 amide bonds. The molecule has 0 aliphatic carbocycles. The van der Waals surface area contributed by atoms with E-state index in [1.54, 1.807) is 29.0 Å². The zero-order valence-corrected chi connectivity index (χ0v) is 22.0. The third-order valence-corrected chi connectivity index (χ3v) is 9.90. The first-order valence-corrected chi connectivity index (χ1v) is 14.4. The predicted molar refractivity (Wildman–Crippen MR) is 140 cm³/mol. The Morgan fingerprint density at radius 2 is 1.92 bits per heavy atom. The molecule has 1 atom stereocenters. The van der Waals surface area contributed by atoms with Crippen molar-refractivity contribution >= 4 is 27.1 Å². The van der Waals surface area contributed by atoms with E-state index in [1.807, 2.05) is 28.8 Å². The maximum atomic E-state index is 13.6. The lowest BCUT2D eigenvalue weighted by Gasteiger charge is -2.25. The van der Waals surface area contributed by atoms with Crippen molar-refractivity contribution in [3.63, 3.8) is 0 Å². The van der Waals surface area contributed by atoms with Gasteiger partial charge in [0.1, 0.15) is 16.6 Å². The first-order valence-electron chi connectivity index (χ1n) is 12.1. The molecule has 7 nitrogen and oxygen atoms in total. The Kier molecular flexibility index (Phi) is 7.32. The number of carbonyl (C=O) groups excluding carboxylic acids is 1. The molecule has 2 aromatic carbocycles. The van der Waals surface area contributed by atoms with Gasteiger partial charge in [-0.25, -0.2) is 22.8 Å². The molecule has 37 heavy (non-hydrogen) atoms. The van der Waals surface area contributed by atoms with E-state index < -0.39 is 10.0 Å². The zero-order valence-electron chi connectivity index (χ0n) is 20.4. The van der Waals surface area contributed by atoms with E-state index in [0.717, 1.165) is 40.1 Å². The summed E-state index contributed by atoms with van der Waals surface area (Å²) >= 11 is 1.06. The molecule has 10 heteroatoms. The SMILES string of the molecule is CC(=O)Cc1ncc(S(=O)(=O)N2CCCC2c2ccccc2-c2cncn2CCc2ccc(F)cc2)s1. The second-order valence-corrected chi connectivity index (χ2v) is 12.4. The maximum Gasteiger partial charge on any atom is 0.254 e. The molecule has 192 valence electrons. The highest BCUT2D eigenvalue weighted by atomic mass is 32.2. The molecule has 3 heterocycles. The Bertz CT molecular complexity index is 1510. The highest BCUT2D eigenvalue weighted by Crippen LogP contribution is 2.41. The first-order chi connectivity index (χ1) is 17.8. The second-order valence-electron chi connectivity index (χ2n) is 9.16. The van der Waals surface area contributed by atoms with E-state index in [9.17, 15) is 17.6 Å². The van der Waals surface area contributed by atoms with Gasteiger partial charge in [-0.2, -0.15) is 4.31 Å². The minimum absolute atomic E-state index is 0.0534. The van der Waals surface area contributed by atoms with Gasteiger partial charge in [-0.1, -0.05) is 36.4 Å². The lowest BCUT2D eigenvalue weighted by Crippen LogP contribution is -2.30. The average molecular weight is 539 g/mol. The number of carbonyl (C=O) groups is 1. The van der Waals surface area contributed by atoms with Crippen molar-refractivity contribution in [1.82, 2.24) is 18.8 Å². The molecule has 0 radical (unpaired) electrons. The molecule has 0 spiro atoms. The first kappa shape index (κ1) is 25.4. The summed E-state index contributed by atoms with van der Waals surface area (Å²) < 4.78 is 44.3. The third kappa shape index (κ3) is 5.41. The number of imidazole rings is 1. The summed E-state index contributed by atoms with van der Waals surface area (Å²) in [5, 5.41) is 0.507. The largest absolute Gasteiger partial charge is 0.330 e. The quantitative estimate of drug-likeness (QED) is 0.298. The maximum absolute atomic E-state index is 13.6. The summed E-state index contributed by atoms with van der Waals surface area (Å²) in [6.07, 6.45) is 7.24. The molecule has 0 saturated carbocycles. The van der Waals surface area contributed by atoms with Crippen LogP contribution in [-0.4, -0.2) is 39.6 Å². The molecule has 1 aliphatic rings. The molecule has 1 aliphatic heterocycles. The lowest BCUT2D eigenvalue weighted by atomic mass is 9.97. The molecule has 1 saturated heterocycles. The molecule has 1 fully saturated rings. The van der Waals surface area contributed by atoms with Gasteiger partial charge in [-0.3, -0.25) is 4.79 Å². The molecular formula is C27H27FN4O3S2. The van der Waals surface area contributed by atoms with Crippen LogP contribution in [0, 0.1) is 5.82 Å². The van der Waals surface area contributed by atoms with Crippen LogP contribution in [0.4, 0.5) is 4.39 Å². The fourth-order valence-corrected chi connectivity index (χ4v) is 7.86. The number of benzene rings is 2. The van der Waals surface area contributed by atoms with E-state index >= 15 is 0 Å². The molecular weight excluding hydrogens is 511 g/mol. The average Bonchev–Trinajstić information content (AvgIpc) is 3.64. The van der Waals surface area contributed by atoms with Gasteiger partial charge < -0.3 is 4.57 Å². The number of hydrogen-bond acceptors (Lipinski definition) is 6. The van der Waals surface area contributed by atoms with Gasteiger partial charge in [-0.15, -0.1) is 11.3 Å². The van der Waals surface area contributed by atoms with Gasteiger partial charge in [0.25, 0.3) is 10.0 Å². The van der Waals surface area contributed by atoms with Crippen molar-refractivity contribution in [2.75, 3.05) is 6.54 Å². The Balaban J connectivity index is 1.43. The molecule has 5 rings (SSSR count). The molecule has 0 bridgehead atoms. The summed E-state index contributed by atoms with van der Waals surface area (Å²) in [5.74, 6) is -0.312. The van der Waals surface area contributed by atoms with Crippen LogP contribution in [0.25, 0.3) is 11.3 Å². The van der Waals surface area contributed by atoms with Crippen molar-refractivity contribution in [2.45, 2.75) is 49.4 Å². The third-order valence-electron chi connectivity index (χ3n) is 6.56. The van der Waals surface area contributed by atoms with Crippen molar-refractivity contribution in [3.05, 3.63) is 89.2 Å². The normalized spacial score (nSPS) is 16.3. The fourth-order valence-electron chi connectivity index (χ4n) is 4.81. The Morgan fingerprint density at radius 3 is 2.70 bits per heavy atom. The lowest BCUT2D eigenvalue weighted by molar-refractivity contribution is -0.116. The highest BCUT2D eigenvalue weighted by Gasteiger charge is 2.38. The van der Waals surface area contributed by atoms with Crippen LogP contribution < -0.4 is 0 Å². The summed E-state index contributed by atoms with van der Waals surface area (Å²) in [4.78, 5) is 20.0. The summed E-state index contributed by atoms with van der Waals surface area (Å²) in [6.45, 7) is 2.54. The van der Waals surface area contributed by atoms with Crippen molar-refractivity contribution in [1.29, 1.82) is 0 Å². The summed E-state index contributed by atoms with van der Waals surface area (Å²) in [5.41, 5.74) is 3.80. The van der Waals surface area contributed by atoms with Crippen molar-refractivity contribution < 1.29 is 17.6 Å². The minimum Gasteiger partial charge on any atom is -0.330 e. The van der Waals surface area contributed by atoms with Crippen LogP contribution in [0.15, 0.2) is 71.5 Å². The number of Topliss-reactive ketones (excluding diaryl/α,β-unsaturated/α-hetero) is 1. The second kappa shape index (κ2) is 10.6. The van der Waals surface area contributed by atoms with E-state index in [4.69, 9.17) is 0 Å². The fraction of sp³-hybridized carbons (Fsp3) is 0.296. The summed E-state index contributed by atoms with van der Waals surface area (Å²) in [6, 6.07) is 14.0. The number of halogens is 1. The zero-order chi connectivity index (χ0) is 26.0. The van der Waals surface area contributed by atoms with Crippen LogP contribution in [0.5, 0.6) is 0 Å². The number of sulfonamides is 1. The van der Waals surface area contributed by atoms with Crippen molar-refractivity contribution in [2.24, 2.45) is 0 Å². The molecule has 1 unspecified atom stereocenters. The number of aryl methyl sites for hydroxylation is 2. The monoisotopic (exact) mass is 538 g/mol. The molecule has 2 aromatic heterocycles. The number of ketones is 1. The number of hydrogen-bond donors (Lipinski definition) is 0. The van der Waals surface area contributed by atoms with Crippen LogP contribution in [0.2, 0.25) is 0 Å². The smallest absolute Gasteiger partial charge is 0.254 e. The topological polar surface area (TPSA) is 85.2 Å². The number of aromatic nitrogens is 3. The number of thiazole rings is 1. The van der Waals surface area contributed by atoms with Gasteiger partial charge >= 0.3 is 0 Å². The van der Waals surface area contributed by atoms with Crippen LogP contribution in [0.3, 0.4) is 0 Å². The predicted octanol–water partition coefficient (Wildman–Crippen LogP) is 5.05. The Hall–Kier alpha value is -3.21. The van der Waals surface area contributed by atoms with E-state index in [1.165, 1.54) is 25.3 Å². The van der Waals surface area contributed by atoms with Gasteiger partial charge in [0, 0.05) is 18.7 Å². The summed E-state index contributed by atoms with van der Waals surface area (Å²) in [7, 11) is -3.77. The highest BCUT2D eigenvalue weighted by molar-refractivity contribution is 7.91. The van der Waals surface area contributed by atoms with E-state index in [2.05, 4.69) is 9.97 Å². The van der Waals surface area contributed by atoms with Gasteiger partial charge in [-0.05, 0) is 49.4 Å². The van der Waals surface area contributed by atoms with E-state index in [0.29, 0.717) is 30.9 Å². The Morgan fingerprint density at radius 1 is 1.14 bits per heavy atom. The Labute approximate surface area is 219 Å². The minimum atomic E-state index is -3.77. The molecule has 0 N–H and O–H groups in total. The molecule has 4 aromatic rings. The van der Waals surface area contributed by atoms with E-state index in [-0.39, 0.29) is 28.3 Å². The van der Waals surface area contributed by atoms with Gasteiger partial charge in [0.15, 0.2) is 4.21 Å². The number of nitrogens with zero attached hydrogens (tertiary/aromatic N) is 4.